The molecular formula is C19H19FN2O2. The first-order chi connectivity index (χ1) is 11.4. The number of anilines is 2. The molecule has 124 valence electrons. The topological polar surface area (TPSA) is 49.4 Å². The van der Waals surface area contributed by atoms with E-state index in [1.807, 2.05) is 31.2 Å². The average molecular weight is 326 g/mol. The molecule has 0 unspecified atom stereocenters. The first-order valence-corrected chi connectivity index (χ1v) is 7.88. The molecule has 1 heterocycles. The largest absolute Gasteiger partial charge is 0.326 e. The van der Waals surface area contributed by atoms with E-state index in [0.717, 1.165) is 11.3 Å². The summed E-state index contributed by atoms with van der Waals surface area (Å²) >= 11 is 0. The van der Waals surface area contributed by atoms with Crippen molar-refractivity contribution in [3.05, 3.63) is 59.4 Å². The molecule has 0 aliphatic carbocycles. The van der Waals surface area contributed by atoms with Gasteiger partial charge in [-0.3, -0.25) is 9.59 Å². The van der Waals surface area contributed by atoms with Crippen molar-refractivity contribution in [2.24, 2.45) is 5.92 Å². The van der Waals surface area contributed by atoms with Crippen LogP contribution in [0.1, 0.15) is 17.5 Å². The third kappa shape index (κ3) is 3.30. The lowest BCUT2D eigenvalue weighted by molar-refractivity contribution is -0.122. The molecule has 1 aliphatic rings. The summed E-state index contributed by atoms with van der Waals surface area (Å²) in [6.07, 6.45) is 0.161. The predicted molar refractivity (Wildman–Crippen MR) is 91.4 cm³/mol. The number of aryl methyl sites for hydroxylation is 2. The van der Waals surface area contributed by atoms with E-state index >= 15 is 0 Å². The molecule has 2 amide bonds. The number of halogens is 1. The molecule has 1 atom stereocenters. The molecular weight excluding hydrogens is 307 g/mol. The number of amides is 2. The van der Waals surface area contributed by atoms with Crippen LogP contribution in [-0.2, 0) is 9.59 Å². The summed E-state index contributed by atoms with van der Waals surface area (Å²) in [7, 11) is 0. The van der Waals surface area contributed by atoms with E-state index in [0.29, 0.717) is 17.8 Å². The second-order valence-electron chi connectivity index (χ2n) is 6.20. The minimum atomic E-state index is -0.442. The Hall–Kier alpha value is -2.69. The first-order valence-electron chi connectivity index (χ1n) is 7.88. The van der Waals surface area contributed by atoms with Crippen molar-refractivity contribution < 1.29 is 14.0 Å². The Morgan fingerprint density at radius 3 is 2.71 bits per heavy atom. The molecule has 1 saturated heterocycles. The Labute approximate surface area is 140 Å². The molecule has 1 fully saturated rings. The van der Waals surface area contributed by atoms with Crippen LogP contribution in [0, 0.1) is 25.6 Å². The fraction of sp³-hybridized carbons (Fsp3) is 0.263. The van der Waals surface area contributed by atoms with Crippen molar-refractivity contribution in [2.45, 2.75) is 20.3 Å². The zero-order valence-corrected chi connectivity index (χ0v) is 13.7. The lowest BCUT2D eigenvalue weighted by atomic mass is 10.1. The number of carbonyl (C=O) groups excluding carboxylic acids is 2. The third-order valence-electron chi connectivity index (χ3n) is 4.25. The molecule has 3 rings (SSSR count). The lowest BCUT2D eigenvalue weighted by Gasteiger charge is -2.17. The van der Waals surface area contributed by atoms with Crippen molar-refractivity contribution in [2.75, 3.05) is 16.8 Å². The number of nitrogens with zero attached hydrogens (tertiary/aromatic N) is 1. The van der Waals surface area contributed by atoms with E-state index in [4.69, 9.17) is 0 Å². The summed E-state index contributed by atoms with van der Waals surface area (Å²) in [6, 6.07) is 12.2. The number of carbonyl (C=O) groups is 2. The highest BCUT2D eigenvalue weighted by Gasteiger charge is 2.35. The van der Waals surface area contributed by atoms with Crippen LogP contribution in [0.25, 0.3) is 0 Å². The normalized spacial score (nSPS) is 17.2. The summed E-state index contributed by atoms with van der Waals surface area (Å²) < 4.78 is 13.6. The molecule has 0 spiro atoms. The molecule has 0 bridgehead atoms. The van der Waals surface area contributed by atoms with Crippen molar-refractivity contribution >= 4 is 23.2 Å². The summed E-state index contributed by atoms with van der Waals surface area (Å²) in [6.45, 7) is 3.96. The van der Waals surface area contributed by atoms with Gasteiger partial charge in [-0.05, 0) is 49.2 Å². The standard InChI is InChI=1S/C19H19FN2O2/c1-12-4-3-5-16(8-12)22-11-14(9-18(22)23)19(24)21-15-7-6-13(2)17(20)10-15/h3-8,10,14H,9,11H2,1-2H3,(H,21,24)/t14-/m0/s1. The number of hydrogen-bond acceptors (Lipinski definition) is 2. The number of rotatable bonds is 3. The van der Waals surface area contributed by atoms with Gasteiger partial charge in [-0.25, -0.2) is 4.39 Å². The van der Waals surface area contributed by atoms with Crippen LogP contribution in [0.5, 0.6) is 0 Å². The van der Waals surface area contributed by atoms with Crippen LogP contribution in [-0.4, -0.2) is 18.4 Å². The van der Waals surface area contributed by atoms with Gasteiger partial charge in [0.2, 0.25) is 11.8 Å². The van der Waals surface area contributed by atoms with E-state index in [9.17, 15) is 14.0 Å². The molecule has 0 aromatic heterocycles. The number of benzene rings is 2. The van der Waals surface area contributed by atoms with E-state index in [-0.39, 0.29) is 24.1 Å². The maximum Gasteiger partial charge on any atom is 0.229 e. The Morgan fingerprint density at radius 2 is 2.00 bits per heavy atom. The monoisotopic (exact) mass is 326 g/mol. The van der Waals surface area contributed by atoms with Gasteiger partial charge >= 0.3 is 0 Å². The van der Waals surface area contributed by atoms with Crippen LogP contribution < -0.4 is 10.2 Å². The molecule has 2 aromatic rings. The number of hydrogen-bond donors (Lipinski definition) is 1. The highest BCUT2D eigenvalue weighted by Crippen LogP contribution is 2.26. The Kier molecular flexibility index (Phi) is 4.34. The Balaban J connectivity index is 1.70. The fourth-order valence-corrected chi connectivity index (χ4v) is 2.84. The highest BCUT2D eigenvalue weighted by atomic mass is 19.1. The summed E-state index contributed by atoms with van der Waals surface area (Å²) in [5, 5.41) is 2.70. The van der Waals surface area contributed by atoms with Gasteiger partial charge in [-0.2, -0.15) is 0 Å². The number of nitrogens with one attached hydrogen (secondary N) is 1. The Morgan fingerprint density at radius 1 is 1.21 bits per heavy atom. The van der Waals surface area contributed by atoms with Crippen molar-refractivity contribution in [3.63, 3.8) is 0 Å². The zero-order chi connectivity index (χ0) is 17.3. The van der Waals surface area contributed by atoms with Crippen LogP contribution in [0.2, 0.25) is 0 Å². The van der Waals surface area contributed by atoms with Crippen LogP contribution in [0.15, 0.2) is 42.5 Å². The molecule has 1 aliphatic heterocycles. The third-order valence-corrected chi connectivity index (χ3v) is 4.25. The average Bonchev–Trinajstić information content (AvgIpc) is 2.93. The molecule has 0 saturated carbocycles. The molecule has 2 aromatic carbocycles. The molecule has 24 heavy (non-hydrogen) atoms. The maximum absolute atomic E-state index is 13.6. The second kappa shape index (κ2) is 6.43. The van der Waals surface area contributed by atoms with Gasteiger partial charge in [-0.1, -0.05) is 18.2 Å². The van der Waals surface area contributed by atoms with E-state index in [1.165, 1.54) is 6.07 Å². The summed E-state index contributed by atoms with van der Waals surface area (Å²) in [4.78, 5) is 26.3. The maximum atomic E-state index is 13.6. The minimum absolute atomic E-state index is 0.0733. The van der Waals surface area contributed by atoms with Crippen molar-refractivity contribution in [1.82, 2.24) is 0 Å². The minimum Gasteiger partial charge on any atom is -0.326 e. The lowest BCUT2D eigenvalue weighted by Crippen LogP contribution is -2.28. The van der Waals surface area contributed by atoms with E-state index in [1.54, 1.807) is 24.0 Å². The molecule has 4 nitrogen and oxygen atoms in total. The van der Waals surface area contributed by atoms with E-state index < -0.39 is 5.92 Å². The summed E-state index contributed by atoms with van der Waals surface area (Å²) in [5.41, 5.74) is 2.79. The van der Waals surface area contributed by atoms with Gasteiger partial charge in [0.25, 0.3) is 0 Å². The highest BCUT2D eigenvalue weighted by molar-refractivity contribution is 6.03. The van der Waals surface area contributed by atoms with Crippen molar-refractivity contribution in [1.29, 1.82) is 0 Å². The Bertz CT molecular complexity index is 804. The predicted octanol–water partition coefficient (Wildman–Crippen LogP) is 3.43. The van der Waals surface area contributed by atoms with Crippen molar-refractivity contribution in [3.8, 4) is 0 Å². The van der Waals surface area contributed by atoms with E-state index in [2.05, 4.69) is 5.32 Å². The fourth-order valence-electron chi connectivity index (χ4n) is 2.84. The molecule has 0 radical (unpaired) electrons. The quantitative estimate of drug-likeness (QED) is 0.939. The summed E-state index contributed by atoms with van der Waals surface area (Å²) in [5.74, 6) is -1.14. The zero-order valence-electron chi connectivity index (χ0n) is 13.7. The SMILES string of the molecule is Cc1cccc(N2C[C@@H](C(=O)Nc3ccc(C)c(F)c3)CC2=O)c1. The van der Waals surface area contributed by atoms with Gasteiger partial charge in [0.1, 0.15) is 5.82 Å². The molecule has 1 N–H and O–H groups in total. The first kappa shape index (κ1) is 16.2. The van der Waals surface area contributed by atoms with Gasteiger partial charge in [0, 0.05) is 24.3 Å². The van der Waals surface area contributed by atoms with Gasteiger partial charge in [0.15, 0.2) is 0 Å². The van der Waals surface area contributed by atoms with Gasteiger partial charge < -0.3 is 10.2 Å². The van der Waals surface area contributed by atoms with Crippen LogP contribution >= 0.6 is 0 Å². The molecule has 5 heteroatoms. The van der Waals surface area contributed by atoms with Gasteiger partial charge in [-0.15, -0.1) is 0 Å². The second-order valence-corrected chi connectivity index (χ2v) is 6.20. The van der Waals surface area contributed by atoms with Gasteiger partial charge in [0.05, 0.1) is 5.92 Å². The smallest absolute Gasteiger partial charge is 0.229 e. The van der Waals surface area contributed by atoms with Crippen LogP contribution in [0.4, 0.5) is 15.8 Å². The van der Waals surface area contributed by atoms with Crippen LogP contribution in [0.3, 0.4) is 0 Å².